The number of rotatable bonds is 5. The van der Waals surface area contributed by atoms with Gasteiger partial charge in [0.2, 0.25) is 0 Å². The van der Waals surface area contributed by atoms with Crippen LogP contribution in [0.15, 0.2) is 24.3 Å². The minimum Gasteiger partial charge on any atom is -0.271 e. The summed E-state index contributed by atoms with van der Waals surface area (Å²) in [4.78, 5) is 0. The van der Waals surface area contributed by atoms with Gasteiger partial charge in [0, 0.05) is 6.26 Å². The van der Waals surface area contributed by atoms with Gasteiger partial charge in [0.1, 0.15) is 0 Å². The predicted octanol–water partition coefficient (Wildman–Crippen LogP) is 2.14. The second-order valence-electron chi connectivity index (χ2n) is 5.80. The van der Waals surface area contributed by atoms with Crippen molar-refractivity contribution in [3.63, 3.8) is 0 Å². The Bertz CT molecular complexity index is 519. The fraction of sp³-hybridized carbons (Fsp3) is 0.571. The van der Waals surface area contributed by atoms with E-state index in [4.69, 9.17) is 5.84 Å². The van der Waals surface area contributed by atoms with Crippen molar-refractivity contribution in [1.29, 1.82) is 0 Å². The number of benzene rings is 1. The second-order valence-corrected chi connectivity index (χ2v) is 8.39. The Morgan fingerprint density at radius 3 is 1.84 bits per heavy atom. The Morgan fingerprint density at radius 1 is 1.11 bits per heavy atom. The first-order chi connectivity index (χ1) is 8.61. The lowest BCUT2D eigenvalue weighted by atomic mass is 9.93. The molecule has 1 atom stereocenters. The van der Waals surface area contributed by atoms with Crippen LogP contribution in [0.25, 0.3) is 0 Å². The van der Waals surface area contributed by atoms with Crippen LogP contribution in [-0.2, 0) is 9.84 Å². The van der Waals surface area contributed by atoms with Crippen molar-refractivity contribution in [3.05, 3.63) is 35.4 Å². The maximum absolute atomic E-state index is 11.9. The molecule has 0 aliphatic heterocycles. The molecule has 0 amide bonds. The molecule has 3 N–H and O–H groups in total. The molecule has 0 saturated heterocycles. The van der Waals surface area contributed by atoms with Gasteiger partial charge in [-0.25, -0.2) is 8.42 Å². The molecule has 108 valence electrons. The fourth-order valence-corrected chi connectivity index (χ4v) is 2.62. The van der Waals surface area contributed by atoms with Crippen molar-refractivity contribution >= 4 is 9.84 Å². The van der Waals surface area contributed by atoms with Crippen LogP contribution in [0.5, 0.6) is 0 Å². The van der Waals surface area contributed by atoms with E-state index >= 15 is 0 Å². The summed E-state index contributed by atoms with van der Waals surface area (Å²) in [5, 5.41) is 0. The fourth-order valence-electron chi connectivity index (χ4n) is 1.99. The SMILES string of the molecule is CC(C)c1ccc(C(NN)C(C)(C)S(C)(=O)=O)cc1. The molecule has 0 aromatic heterocycles. The van der Waals surface area contributed by atoms with E-state index in [9.17, 15) is 8.42 Å². The van der Waals surface area contributed by atoms with E-state index in [-0.39, 0.29) is 0 Å². The van der Waals surface area contributed by atoms with Crippen LogP contribution in [0.3, 0.4) is 0 Å². The van der Waals surface area contributed by atoms with E-state index in [1.165, 1.54) is 11.8 Å². The summed E-state index contributed by atoms with van der Waals surface area (Å²) in [6.45, 7) is 7.61. The maximum Gasteiger partial charge on any atom is 0.154 e. The van der Waals surface area contributed by atoms with Gasteiger partial charge in [0.05, 0.1) is 10.8 Å². The zero-order chi connectivity index (χ0) is 14.8. The van der Waals surface area contributed by atoms with Crippen LogP contribution in [0.4, 0.5) is 0 Å². The highest BCUT2D eigenvalue weighted by atomic mass is 32.2. The summed E-state index contributed by atoms with van der Waals surface area (Å²) < 4.78 is 22.8. The normalized spacial score (nSPS) is 14.7. The molecule has 1 aromatic carbocycles. The van der Waals surface area contributed by atoms with E-state index in [0.717, 1.165) is 5.56 Å². The van der Waals surface area contributed by atoms with Gasteiger partial charge in [-0.2, -0.15) is 0 Å². The number of nitrogens with one attached hydrogen (secondary N) is 1. The Balaban J connectivity index is 3.18. The molecule has 0 heterocycles. The molecule has 0 spiro atoms. The standard InChI is InChI=1S/C14H24N2O2S/c1-10(2)11-6-8-12(9-7-11)13(16-15)14(3,4)19(5,17)18/h6-10,13,16H,15H2,1-5H3. The predicted molar refractivity (Wildman–Crippen MR) is 79.5 cm³/mol. The Hall–Kier alpha value is -0.910. The first-order valence-electron chi connectivity index (χ1n) is 6.37. The molecule has 19 heavy (non-hydrogen) atoms. The minimum atomic E-state index is -3.23. The number of nitrogens with two attached hydrogens (primary N) is 1. The zero-order valence-electron chi connectivity index (χ0n) is 12.3. The summed E-state index contributed by atoms with van der Waals surface area (Å²) in [5.41, 5.74) is 4.73. The maximum atomic E-state index is 11.9. The third kappa shape index (κ3) is 3.35. The highest BCUT2D eigenvalue weighted by Crippen LogP contribution is 2.32. The highest BCUT2D eigenvalue weighted by molar-refractivity contribution is 7.92. The lowest BCUT2D eigenvalue weighted by Gasteiger charge is -2.32. The molecule has 0 radical (unpaired) electrons. The summed E-state index contributed by atoms with van der Waals surface area (Å²) in [6, 6.07) is 7.47. The van der Waals surface area contributed by atoms with Gasteiger partial charge < -0.3 is 0 Å². The summed E-state index contributed by atoms with van der Waals surface area (Å²) in [7, 11) is -3.23. The molecular formula is C14H24N2O2S. The summed E-state index contributed by atoms with van der Waals surface area (Å²) in [5.74, 6) is 6.02. The third-order valence-electron chi connectivity index (χ3n) is 3.75. The topological polar surface area (TPSA) is 72.2 Å². The van der Waals surface area contributed by atoms with Gasteiger partial charge >= 0.3 is 0 Å². The number of sulfone groups is 1. The molecule has 1 aromatic rings. The average Bonchev–Trinajstić information content (AvgIpc) is 2.28. The van der Waals surface area contributed by atoms with Gasteiger partial charge in [0.15, 0.2) is 9.84 Å². The van der Waals surface area contributed by atoms with Crippen molar-refractivity contribution in [2.75, 3.05) is 6.26 Å². The van der Waals surface area contributed by atoms with Crippen molar-refractivity contribution in [2.24, 2.45) is 5.84 Å². The second kappa shape index (κ2) is 5.61. The first kappa shape index (κ1) is 16.1. The van der Waals surface area contributed by atoms with E-state index in [0.29, 0.717) is 5.92 Å². The average molecular weight is 284 g/mol. The molecule has 0 fully saturated rings. The summed E-state index contributed by atoms with van der Waals surface area (Å²) >= 11 is 0. The monoisotopic (exact) mass is 284 g/mol. The molecule has 0 aliphatic carbocycles. The highest BCUT2D eigenvalue weighted by Gasteiger charge is 2.39. The van der Waals surface area contributed by atoms with Crippen LogP contribution in [0, 0.1) is 0 Å². The molecule has 0 bridgehead atoms. The largest absolute Gasteiger partial charge is 0.271 e. The molecule has 1 unspecified atom stereocenters. The van der Waals surface area contributed by atoms with Crippen molar-refractivity contribution < 1.29 is 8.42 Å². The zero-order valence-corrected chi connectivity index (χ0v) is 13.1. The van der Waals surface area contributed by atoms with Gasteiger partial charge in [-0.15, -0.1) is 0 Å². The smallest absolute Gasteiger partial charge is 0.154 e. The van der Waals surface area contributed by atoms with Crippen LogP contribution < -0.4 is 11.3 Å². The lowest BCUT2D eigenvalue weighted by Crippen LogP contribution is -2.47. The van der Waals surface area contributed by atoms with Crippen molar-refractivity contribution in [1.82, 2.24) is 5.43 Å². The Morgan fingerprint density at radius 2 is 1.53 bits per heavy atom. The Kier molecular flexibility index (Phi) is 4.76. The molecule has 1 rings (SSSR count). The quantitative estimate of drug-likeness (QED) is 0.642. The third-order valence-corrected chi connectivity index (χ3v) is 5.90. The van der Waals surface area contributed by atoms with Gasteiger partial charge in [-0.05, 0) is 30.9 Å². The van der Waals surface area contributed by atoms with Crippen molar-refractivity contribution in [3.8, 4) is 0 Å². The van der Waals surface area contributed by atoms with Crippen LogP contribution in [0.1, 0.15) is 50.8 Å². The lowest BCUT2D eigenvalue weighted by molar-refractivity contribution is 0.427. The number of hydrogen-bond donors (Lipinski definition) is 2. The van der Waals surface area contributed by atoms with E-state index in [1.54, 1.807) is 13.8 Å². The van der Waals surface area contributed by atoms with Gasteiger partial charge in [-0.1, -0.05) is 38.1 Å². The van der Waals surface area contributed by atoms with E-state index < -0.39 is 20.6 Å². The van der Waals surface area contributed by atoms with E-state index in [2.05, 4.69) is 19.3 Å². The van der Waals surface area contributed by atoms with Crippen molar-refractivity contribution in [2.45, 2.75) is 44.4 Å². The number of hydrazine groups is 1. The first-order valence-corrected chi connectivity index (χ1v) is 8.26. The molecule has 4 nitrogen and oxygen atoms in total. The Labute approximate surface area is 116 Å². The molecular weight excluding hydrogens is 260 g/mol. The van der Waals surface area contributed by atoms with Gasteiger partial charge in [0.25, 0.3) is 0 Å². The van der Waals surface area contributed by atoms with Crippen LogP contribution in [-0.4, -0.2) is 19.4 Å². The van der Waals surface area contributed by atoms with E-state index in [1.807, 2.05) is 24.3 Å². The van der Waals surface area contributed by atoms with Gasteiger partial charge in [-0.3, -0.25) is 11.3 Å². The molecule has 0 aliphatic rings. The molecule has 0 saturated carbocycles. The number of hydrogen-bond acceptors (Lipinski definition) is 4. The van der Waals surface area contributed by atoms with Crippen LogP contribution >= 0.6 is 0 Å². The summed E-state index contributed by atoms with van der Waals surface area (Å²) in [6.07, 6.45) is 1.24. The van der Waals surface area contributed by atoms with Crippen LogP contribution in [0.2, 0.25) is 0 Å². The minimum absolute atomic E-state index is 0.441. The molecule has 5 heteroatoms.